The maximum Gasteiger partial charge on any atom is 0.267 e. The van der Waals surface area contributed by atoms with Crippen molar-refractivity contribution in [2.75, 3.05) is 20.2 Å². The van der Waals surface area contributed by atoms with E-state index in [2.05, 4.69) is 21.2 Å². The summed E-state index contributed by atoms with van der Waals surface area (Å²) in [4.78, 5) is 14.4. The van der Waals surface area contributed by atoms with E-state index in [1.807, 2.05) is 0 Å². The fraction of sp³-hybridized carbons (Fsp3) is 0.643. The molecule has 1 aromatic rings. The lowest BCUT2D eigenvalue weighted by Crippen LogP contribution is -2.51. The number of nitrogens with zero attached hydrogens (tertiary/aromatic N) is 1. The van der Waals surface area contributed by atoms with Crippen molar-refractivity contribution in [1.82, 2.24) is 15.1 Å². The third-order valence-corrected chi connectivity index (χ3v) is 5.13. The Morgan fingerprint density at radius 1 is 1.37 bits per heavy atom. The van der Waals surface area contributed by atoms with Crippen molar-refractivity contribution in [3.05, 3.63) is 33.3 Å². The molecule has 5 heteroatoms. The molecule has 3 aliphatic rings. The molecule has 3 heterocycles. The third-order valence-electron chi connectivity index (χ3n) is 5.13. The lowest BCUT2D eigenvalue weighted by molar-refractivity contribution is 0.0273. The van der Waals surface area contributed by atoms with Gasteiger partial charge in [-0.2, -0.15) is 0 Å². The summed E-state index contributed by atoms with van der Waals surface area (Å²) >= 11 is 0. The molecule has 5 nitrogen and oxygen atoms in total. The summed E-state index contributed by atoms with van der Waals surface area (Å²) in [5.41, 5.74) is 3.45. The van der Waals surface area contributed by atoms with Gasteiger partial charge in [0.05, 0.1) is 17.3 Å². The molecule has 4 rings (SSSR count). The number of rotatable bonds is 1. The Morgan fingerprint density at radius 2 is 2.21 bits per heavy atom. The number of hydrogen-bond acceptors (Lipinski definition) is 3. The van der Waals surface area contributed by atoms with Crippen LogP contribution in [0.15, 0.2) is 16.4 Å². The summed E-state index contributed by atoms with van der Waals surface area (Å²) in [5, 5.41) is 5.93. The molecule has 2 aliphatic heterocycles. The van der Waals surface area contributed by atoms with Gasteiger partial charge >= 0.3 is 0 Å². The van der Waals surface area contributed by atoms with Crippen molar-refractivity contribution in [3.63, 3.8) is 0 Å². The molecule has 0 unspecified atom stereocenters. The highest BCUT2D eigenvalue weighted by molar-refractivity contribution is 5.42. The van der Waals surface area contributed by atoms with Crippen LogP contribution in [0.2, 0.25) is 0 Å². The summed E-state index contributed by atoms with van der Waals surface area (Å²) < 4.78 is 5.59. The largest absolute Gasteiger partial charge is 0.381 e. The lowest BCUT2D eigenvalue weighted by Gasteiger charge is -2.46. The molecule has 0 bridgehead atoms. The van der Waals surface area contributed by atoms with Gasteiger partial charge in [-0.15, -0.1) is 0 Å². The van der Waals surface area contributed by atoms with Crippen LogP contribution in [-0.4, -0.2) is 41.4 Å². The van der Waals surface area contributed by atoms with Crippen molar-refractivity contribution >= 4 is 0 Å². The number of H-pyrrole nitrogens is 2. The van der Waals surface area contributed by atoms with Crippen LogP contribution in [0.4, 0.5) is 0 Å². The molecule has 0 radical (unpaired) electrons. The molecule has 1 saturated heterocycles. The smallest absolute Gasteiger partial charge is 0.267 e. The second-order valence-electron chi connectivity index (χ2n) is 5.81. The molecular formula is C14H19N3O2. The van der Waals surface area contributed by atoms with Gasteiger partial charge in [0.1, 0.15) is 0 Å². The van der Waals surface area contributed by atoms with Crippen LogP contribution < -0.4 is 5.56 Å². The minimum atomic E-state index is -0.105. The maximum absolute atomic E-state index is 11.9. The average molecular weight is 261 g/mol. The lowest BCUT2D eigenvalue weighted by atomic mass is 9.74. The predicted octanol–water partition coefficient (Wildman–Crippen LogP) is 0.895. The summed E-state index contributed by atoms with van der Waals surface area (Å²) in [6.07, 6.45) is 6.48. The van der Waals surface area contributed by atoms with Crippen LogP contribution in [0.3, 0.4) is 0 Å². The van der Waals surface area contributed by atoms with Crippen molar-refractivity contribution in [2.45, 2.75) is 37.3 Å². The second kappa shape index (κ2) is 3.84. The predicted molar refractivity (Wildman–Crippen MR) is 71.1 cm³/mol. The van der Waals surface area contributed by atoms with Gasteiger partial charge in [-0.05, 0) is 24.8 Å². The Balaban J connectivity index is 1.92. The van der Waals surface area contributed by atoms with Gasteiger partial charge in [0.25, 0.3) is 5.56 Å². The molecule has 0 aromatic carbocycles. The highest BCUT2D eigenvalue weighted by atomic mass is 16.5. The summed E-state index contributed by atoms with van der Waals surface area (Å²) in [6.45, 7) is 2.07. The van der Waals surface area contributed by atoms with E-state index in [4.69, 9.17) is 4.74 Å². The van der Waals surface area contributed by atoms with Crippen LogP contribution in [0.25, 0.3) is 0 Å². The van der Waals surface area contributed by atoms with Crippen molar-refractivity contribution in [2.24, 2.45) is 0 Å². The quantitative estimate of drug-likeness (QED) is 0.738. The van der Waals surface area contributed by atoms with Crippen LogP contribution >= 0.6 is 0 Å². The number of hydrogen-bond donors (Lipinski definition) is 2. The topological polar surface area (TPSA) is 61.1 Å². The second-order valence-corrected chi connectivity index (χ2v) is 5.81. The van der Waals surface area contributed by atoms with Gasteiger partial charge in [-0.25, -0.2) is 0 Å². The summed E-state index contributed by atoms with van der Waals surface area (Å²) in [7, 11) is 1.78. The molecule has 19 heavy (non-hydrogen) atoms. The zero-order chi connectivity index (χ0) is 13.0. The molecule has 2 atom stereocenters. The molecule has 1 aliphatic carbocycles. The Labute approximate surface area is 111 Å². The van der Waals surface area contributed by atoms with E-state index in [9.17, 15) is 4.79 Å². The van der Waals surface area contributed by atoms with Crippen LogP contribution in [-0.2, 0) is 16.7 Å². The van der Waals surface area contributed by atoms with Gasteiger partial charge in [0, 0.05) is 32.2 Å². The Hall–Kier alpha value is -1.33. The average Bonchev–Trinajstić information content (AvgIpc) is 2.99. The number of methoxy groups -OCH3 is 1. The van der Waals surface area contributed by atoms with E-state index >= 15 is 0 Å². The van der Waals surface area contributed by atoms with E-state index in [0.717, 1.165) is 50.0 Å². The molecule has 1 spiro atoms. The zero-order valence-electron chi connectivity index (χ0n) is 11.2. The van der Waals surface area contributed by atoms with Crippen LogP contribution in [0.5, 0.6) is 0 Å². The normalized spacial score (nSPS) is 33.5. The summed E-state index contributed by atoms with van der Waals surface area (Å²) in [5.74, 6) is 0. The van der Waals surface area contributed by atoms with E-state index in [-0.39, 0.29) is 17.2 Å². The number of aromatic amines is 2. The molecule has 1 fully saturated rings. The monoisotopic (exact) mass is 261 g/mol. The molecule has 2 N–H and O–H groups in total. The van der Waals surface area contributed by atoms with Gasteiger partial charge < -0.3 is 4.74 Å². The van der Waals surface area contributed by atoms with Crippen LogP contribution in [0, 0.1) is 0 Å². The van der Waals surface area contributed by atoms with Crippen molar-refractivity contribution in [3.8, 4) is 0 Å². The number of aromatic nitrogens is 2. The highest BCUT2D eigenvalue weighted by Gasteiger charge is 2.53. The number of fused-ring (bicyclic) bond motifs is 1. The van der Waals surface area contributed by atoms with Crippen LogP contribution in [0.1, 0.15) is 30.5 Å². The van der Waals surface area contributed by atoms with Gasteiger partial charge in [-0.1, -0.05) is 6.08 Å². The number of ether oxygens (including phenoxy) is 1. The molecule has 1 aromatic heterocycles. The molecular weight excluding hydrogens is 242 g/mol. The minimum Gasteiger partial charge on any atom is -0.381 e. The third kappa shape index (κ3) is 1.34. The van der Waals surface area contributed by atoms with E-state index in [1.54, 1.807) is 7.11 Å². The fourth-order valence-corrected chi connectivity index (χ4v) is 4.20. The number of nitrogens with one attached hydrogen (secondary N) is 2. The highest BCUT2D eigenvalue weighted by Crippen LogP contribution is 2.51. The minimum absolute atomic E-state index is 0.0508. The first-order valence-corrected chi connectivity index (χ1v) is 7.03. The first-order valence-electron chi connectivity index (χ1n) is 7.03. The van der Waals surface area contributed by atoms with Gasteiger partial charge in [-0.3, -0.25) is 19.9 Å². The van der Waals surface area contributed by atoms with Gasteiger partial charge in [0.15, 0.2) is 0 Å². The maximum atomic E-state index is 11.9. The van der Waals surface area contributed by atoms with Gasteiger partial charge in [0.2, 0.25) is 0 Å². The Morgan fingerprint density at radius 3 is 3.05 bits per heavy atom. The fourth-order valence-electron chi connectivity index (χ4n) is 4.20. The van der Waals surface area contributed by atoms with E-state index in [0.29, 0.717) is 0 Å². The zero-order valence-corrected chi connectivity index (χ0v) is 11.2. The summed E-state index contributed by atoms with van der Waals surface area (Å²) in [6, 6.07) is 0. The Bertz CT molecular complexity index is 600. The molecule has 0 saturated carbocycles. The Kier molecular flexibility index (Phi) is 2.32. The SMILES string of the molecule is CO[C@H]1CC=C2CCN3CCc4c([nH][nH]c4=O)[C@]23C1. The van der Waals surface area contributed by atoms with Crippen molar-refractivity contribution in [1.29, 1.82) is 0 Å². The standard InChI is InChI=1S/C14H19N3O2/c1-19-10-3-2-9-4-6-17-7-5-11-12(14(9,17)8-10)15-16-13(11)18/h2,10H,3-8H2,1H3,(H2,15,16,18)/t10-,14-/m0/s1. The van der Waals surface area contributed by atoms with E-state index in [1.165, 1.54) is 5.57 Å². The molecule has 102 valence electrons. The molecule has 0 amide bonds. The first-order chi connectivity index (χ1) is 9.25. The van der Waals surface area contributed by atoms with Crippen molar-refractivity contribution < 1.29 is 4.74 Å². The van der Waals surface area contributed by atoms with E-state index < -0.39 is 0 Å². The first kappa shape index (κ1) is 11.5.